The zero-order valence-electron chi connectivity index (χ0n) is 28.2. The van der Waals surface area contributed by atoms with E-state index in [9.17, 15) is 0 Å². The molecule has 0 spiro atoms. The van der Waals surface area contributed by atoms with Gasteiger partial charge in [0.1, 0.15) is 0 Å². The van der Waals surface area contributed by atoms with Gasteiger partial charge in [0.05, 0.1) is 0 Å². The zero-order chi connectivity index (χ0) is 35.3. The van der Waals surface area contributed by atoms with Gasteiger partial charge in [-0.25, -0.2) is 0 Å². The van der Waals surface area contributed by atoms with Gasteiger partial charge in [-0.15, -0.1) is 0 Å². The van der Waals surface area contributed by atoms with Crippen LogP contribution in [0.3, 0.4) is 0 Å². The molecule has 8 nitrogen and oxygen atoms in total. The van der Waals surface area contributed by atoms with Gasteiger partial charge in [0.2, 0.25) is 0 Å². The molecule has 8 bridgehead atoms. The summed E-state index contributed by atoms with van der Waals surface area (Å²) in [5.41, 5.74) is 40.3. The maximum absolute atomic E-state index is 6.69. The maximum atomic E-state index is 6.69. The quantitative estimate of drug-likeness (QED) is 0.127. The molecular weight excluding hydrogens is 641 g/mol. The Morgan fingerprint density at radius 3 is 0.712 bits per heavy atom. The minimum Gasteiger partial charge on any atom is -0.398 e. The van der Waals surface area contributed by atoms with Crippen LogP contribution in [-0.2, 0) is 0 Å². The van der Waals surface area contributed by atoms with Crippen molar-refractivity contribution in [3.05, 3.63) is 212 Å². The van der Waals surface area contributed by atoms with E-state index in [4.69, 9.17) is 22.9 Å². The van der Waals surface area contributed by atoms with E-state index in [1.807, 2.05) is 97.1 Å². The zero-order valence-corrected chi connectivity index (χ0v) is 28.2. The van der Waals surface area contributed by atoms with Crippen LogP contribution >= 0.6 is 0 Å². The fraction of sp³-hybridized carbons (Fsp3) is 0. The van der Waals surface area contributed by atoms with Gasteiger partial charge in [-0.3, -0.25) is 0 Å². The Bertz CT molecular complexity index is 2520. The highest BCUT2D eigenvalue weighted by atomic mass is 14.8. The first-order valence-corrected chi connectivity index (χ1v) is 17.1. The smallest absolute Gasteiger partial charge is 0.0486 e. The van der Waals surface area contributed by atoms with E-state index < -0.39 is 0 Å². The predicted molar refractivity (Wildman–Crippen MR) is 212 cm³/mol. The Morgan fingerprint density at radius 2 is 0.481 bits per heavy atom. The lowest BCUT2D eigenvalue weighted by Gasteiger charge is -2.12. The van der Waals surface area contributed by atoms with Crippen LogP contribution in [-0.4, -0.2) is 19.9 Å². The van der Waals surface area contributed by atoms with Gasteiger partial charge < -0.3 is 42.9 Å². The molecule has 0 unspecified atom stereocenters. The first-order chi connectivity index (χ1) is 25.4. The number of para-hydroxylation sites is 4. The molecule has 0 saturated carbocycles. The molecule has 8 heteroatoms. The van der Waals surface area contributed by atoms with E-state index in [2.05, 4.69) is 68.5 Å². The fourth-order valence-electron chi connectivity index (χ4n) is 7.39. The van der Waals surface area contributed by atoms with Crippen molar-refractivity contribution < 1.29 is 0 Å². The van der Waals surface area contributed by atoms with Gasteiger partial charge in [-0.2, -0.15) is 0 Å². The van der Waals surface area contributed by atoms with E-state index in [0.29, 0.717) is 22.7 Å². The minimum atomic E-state index is 0.665. The van der Waals surface area contributed by atoms with Crippen LogP contribution < -0.4 is 44.3 Å². The number of benzene rings is 4. The second kappa shape index (κ2) is 12.2. The molecule has 1 aliphatic rings. The van der Waals surface area contributed by atoms with Crippen LogP contribution in [0, 0.1) is 0 Å². The molecule has 0 fully saturated rings. The third-order valence-electron chi connectivity index (χ3n) is 9.82. The molecule has 52 heavy (non-hydrogen) atoms. The Balaban J connectivity index is 1.47. The second-order valence-electron chi connectivity index (χ2n) is 13.0. The standard InChI is InChI=1S/C44H36N8/c45-29-13-5-1-9-25(29)41-33-17-19-35(49-33)42(26-10-2-6-14-30(26)46)37-21-23-39(51-37)44(28-12-4-8-16-32(28)48)40-24-22-38(52-40)43(36-20-18-34(41)50-36)27-11-3-7-15-31(27)47/h1-24,49-52H,45-48H2. The number of nitrogens with one attached hydrogen (secondary N) is 4. The number of nitrogen functional groups attached to an aromatic ring is 4. The summed E-state index contributed by atoms with van der Waals surface area (Å²) in [5.74, 6) is 0. The topological polar surface area (TPSA) is 167 Å². The average molecular weight is 677 g/mol. The van der Waals surface area contributed by atoms with Gasteiger partial charge in [0.15, 0.2) is 0 Å². The Kier molecular flexibility index (Phi) is 7.22. The summed E-state index contributed by atoms with van der Waals surface area (Å²) in [5, 5.41) is 3.55. The lowest BCUT2D eigenvalue weighted by molar-refractivity contribution is 1.19. The first kappa shape index (κ1) is 30.7. The van der Waals surface area contributed by atoms with Crippen LogP contribution in [0.4, 0.5) is 22.7 Å². The van der Waals surface area contributed by atoms with Gasteiger partial charge in [-0.1, -0.05) is 72.8 Å². The van der Waals surface area contributed by atoms with Crippen molar-refractivity contribution in [1.82, 2.24) is 19.9 Å². The Hall–Kier alpha value is -7.32. The molecule has 0 saturated heterocycles. The minimum absolute atomic E-state index is 0.665. The maximum Gasteiger partial charge on any atom is 0.0486 e. The summed E-state index contributed by atoms with van der Waals surface area (Å²) in [7, 11) is 0. The number of aromatic amines is 4. The molecule has 0 radical (unpaired) electrons. The third-order valence-corrected chi connectivity index (χ3v) is 9.82. The van der Waals surface area contributed by atoms with E-state index in [-0.39, 0.29) is 0 Å². The normalized spacial score (nSPS) is 12.8. The van der Waals surface area contributed by atoms with Crippen molar-refractivity contribution >= 4 is 45.0 Å². The number of hydrogen-bond donors (Lipinski definition) is 8. The molecule has 5 heterocycles. The summed E-state index contributed by atoms with van der Waals surface area (Å²) in [4.78, 5) is 15.1. The number of nitrogens with two attached hydrogens (primary N) is 4. The SMILES string of the molecule is Nc1ccccc1C1=c2ccc([nH]2)=C(c2ccccc2N)c2ccc([nH]2)C(c2ccccc2N)=c2ccc([nH]2)=C(c2ccccc2N)c2ccc1[nH]2. The van der Waals surface area contributed by atoms with E-state index in [0.717, 1.165) is 88.7 Å². The fourth-order valence-corrected chi connectivity index (χ4v) is 7.39. The van der Waals surface area contributed by atoms with Crippen LogP contribution in [0.2, 0.25) is 0 Å². The van der Waals surface area contributed by atoms with E-state index in [1.165, 1.54) is 0 Å². The van der Waals surface area contributed by atoms with Crippen LogP contribution in [0.5, 0.6) is 0 Å². The number of H-pyrrole nitrogens is 4. The summed E-state index contributed by atoms with van der Waals surface area (Å²) in [6, 6.07) is 48.5. The van der Waals surface area contributed by atoms with E-state index >= 15 is 0 Å². The molecule has 9 rings (SSSR count). The molecule has 0 amide bonds. The highest BCUT2D eigenvalue weighted by Crippen LogP contribution is 2.32. The Labute approximate surface area is 299 Å². The molecule has 0 aliphatic carbocycles. The summed E-state index contributed by atoms with van der Waals surface area (Å²) in [6.45, 7) is 0. The first-order valence-electron chi connectivity index (χ1n) is 17.1. The molecular formula is C44H36N8. The number of aromatic nitrogens is 4. The molecule has 0 atom stereocenters. The molecule has 252 valence electrons. The second-order valence-corrected chi connectivity index (χ2v) is 13.0. The molecule has 4 aromatic carbocycles. The van der Waals surface area contributed by atoms with Crippen LogP contribution in [0.1, 0.15) is 45.0 Å². The van der Waals surface area contributed by atoms with Crippen molar-refractivity contribution in [2.45, 2.75) is 0 Å². The molecule has 1 aliphatic heterocycles. The van der Waals surface area contributed by atoms with Crippen molar-refractivity contribution in [3.8, 4) is 0 Å². The Morgan fingerprint density at radius 1 is 0.250 bits per heavy atom. The van der Waals surface area contributed by atoms with Crippen molar-refractivity contribution in [2.24, 2.45) is 0 Å². The average Bonchev–Trinajstić information content (AvgIpc) is 3.99. The van der Waals surface area contributed by atoms with Crippen molar-refractivity contribution in [3.63, 3.8) is 0 Å². The monoisotopic (exact) mass is 676 g/mol. The van der Waals surface area contributed by atoms with Gasteiger partial charge in [0, 0.05) is 111 Å². The van der Waals surface area contributed by atoms with Crippen molar-refractivity contribution in [2.75, 3.05) is 22.9 Å². The van der Waals surface area contributed by atoms with Crippen molar-refractivity contribution in [1.29, 1.82) is 0 Å². The highest BCUT2D eigenvalue weighted by molar-refractivity contribution is 5.90. The summed E-state index contributed by atoms with van der Waals surface area (Å²) >= 11 is 0. The molecule has 12 N–H and O–H groups in total. The molecule has 4 aromatic heterocycles. The number of anilines is 4. The lowest BCUT2D eigenvalue weighted by Crippen LogP contribution is -2.20. The van der Waals surface area contributed by atoms with Crippen LogP contribution in [0.25, 0.3) is 22.3 Å². The van der Waals surface area contributed by atoms with E-state index in [1.54, 1.807) is 0 Å². The highest BCUT2D eigenvalue weighted by Gasteiger charge is 2.20. The predicted octanol–water partition coefficient (Wildman–Crippen LogP) is 4.63. The summed E-state index contributed by atoms with van der Waals surface area (Å²) in [6.07, 6.45) is 0. The largest absolute Gasteiger partial charge is 0.398 e. The van der Waals surface area contributed by atoms with Crippen LogP contribution in [0.15, 0.2) is 146 Å². The lowest BCUT2D eigenvalue weighted by atomic mass is 10.0. The number of rotatable bonds is 4. The summed E-state index contributed by atoms with van der Waals surface area (Å²) < 4.78 is 0. The number of hydrogen-bond acceptors (Lipinski definition) is 4. The van der Waals surface area contributed by atoms with Gasteiger partial charge >= 0.3 is 0 Å². The van der Waals surface area contributed by atoms with Gasteiger partial charge in [-0.05, 0) is 72.8 Å². The number of fused-ring (bicyclic) bond motifs is 8. The van der Waals surface area contributed by atoms with Gasteiger partial charge in [0.25, 0.3) is 0 Å². The third kappa shape index (κ3) is 5.09. The molecule has 8 aromatic rings.